The summed E-state index contributed by atoms with van der Waals surface area (Å²) in [6.45, 7) is 12.4. The average molecular weight is 491 g/mol. The molecule has 1 aliphatic carbocycles. The second kappa shape index (κ2) is 14.2. The van der Waals surface area contributed by atoms with E-state index in [2.05, 4.69) is 45.9 Å². The largest absolute Gasteiger partial charge is 0.491 e. The molecule has 2 atom stereocenters. The molecule has 0 radical (unpaired) electrons. The predicted molar refractivity (Wildman–Crippen MR) is 139 cm³/mol. The summed E-state index contributed by atoms with van der Waals surface area (Å²) in [4.78, 5) is 0. The number of ether oxygens (including phenoxy) is 5. The highest BCUT2D eigenvalue weighted by Gasteiger charge is 2.45. The Morgan fingerprint density at radius 1 is 0.971 bits per heavy atom. The van der Waals surface area contributed by atoms with Crippen LogP contribution in [-0.2, 0) is 20.6 Å². The monoisotopic (exact) mass is 490 g/mol. The van der Waals surface area contributed by atoms with Crippen molar-refractivity contribution in [2.75, 3.05) is 52.9 Å². The fraction of sp³-hybridized carbons (Fsp3) is 0.724. The van der Waals surface area contributed by atoms with E-state index >= 15 is 0 Å². The van der Waals surface area contributed by atoms with Crippen molar-refractivity contribution in [3.05, 3.63) is 34.9 Å². The first-order valence-electron chi connectivity index (χ1n) is 13.5. The Bertz CT molecular complexity index is 803. The van der Waals surface area contributed by atoms with Gasteiger partial charge in [-0.25, -0.2) is 0 Å². The van der Waals surface area contributed by atoms with Crippen LogP contribution in [0, 0.1) is 5.92 Å². The van der Waals surface area contributed by atoms with Crippen molar-refractivity contribution in [1.82, 2.24) is 0 Å². The van der Waals surface area contributed by atoms with Gasteiger partial charge in [0, 0.05) is 17.4 Å². The number of allylic oxidation sites excluding steroid dienone is 2. The molecule has 1 aromatic rings. The first-order chi connectivity index (χ1) is 17.0. The number of hydrogen-bond acceptors (Lipinski definition) is 6. The van der Waals surface area contributed by atoms with E-state index in [0.29, 0.717) is 58.1 Å². The van der Waals surface area contributed by atoms with E-state index in [1.807, 2.05) is 0 Å². The van der Waals surface area contributed by atoms with Crippen LogP contribution in [0.5, 0.6) is 11.5 Å². The molecule has 0 saturated carbocycles. The van der Waals surface area contributed by atoms with Gasteiger partial charge in [-0.3, -0.25) is 0 Å². The van der Waals surface area contributed by atoms with E-state index in [1.165, 1.54) is 36.0 Å². The van der Waals surface area contributed by atoms with Gasteiger partial charge >= 0.3 is 0 Å². The number of aliphatic hydroxyl groups excluding tert-OH is 1. The van der Waals surface area contributed by atoms with Gasteiger partial charge in [0.2, 0.25) is 0 Å². The summed E-state index contributed by atoms with van der Waals surface area (Å²) < 4.78 is 29.4. The van der Waals surface area contributed by atoms with Crippen molar-refractivity contribution in [2.45, 2.75) is 77.7 Å². The molecule has 3 rings (SSSR count). The molecule has 6 heteroatoms. The van der Waals surface area contributed by atoms with E-state index in [-0.39, 0.29) is 12.2 Å². The zero-order valence-corrected chi connectivity index (χ0v) is 22.3. The minimum absolute atomic E-state index is 0.0369. The fourth-order valence-electron chi connectivity index (χ4n) is 5.22. The number of hydrogen-bond donors (Lipinski definition) is 1. The molecule has 0 fully saturated rings. The summed E-state index contributed by atoms with van der Waals surface area (Å²) in [5.41, 5.74) is 3.76. The summed E-state index contributed by atoms with van der Waals surface area (Å²) in [5, 5.41) is 8.68. The van der Waals surface area contributed by atoms with E-state index in [9.17, 15) is 0 Å². The standard InChI is InChI=1S/C29H46O6/c1-5-6-7-8-23-20-26(34-18-17-33-16-15-32-14-13-31-12-11-30)28-24-19-22(2)9-10-25(24)29(3,4)35-27(28)21-23/h19-21,24-25,30H,5-18H2,1-4H3/t24-,25-/m1/s1. The molecule has 0 spiro atoms. The Hall–Kier alpha value is -1.60. The predicted octanol–water partition coefficient (Wildman–Crippen LogP) is 5.45. The SMILES string of the molecule is CCCCCc1cc(OCCOCCOCCOCCO)c2c(c1)OC(C)(C)[C@@H]1CCC(C)=C[C@@H]21. The van der Waals surface area contributed by atoms with Gasteiger partial charge in [0.1, 0.15) is 23.7 Å². The van der Waals surface area contributed by atoms with Crippen LogP contribution in [-0.4, -0.2) is 63.6 Å². The lowest BCUT2D eigenvalue weighted by Crippen LogP contribution is -2.45. The van der Waals surface area contributed by atoms with Crippen molar-refractivity contribution in [3.63, 3.8) is 0 Å². The first-order valence-corrected chi connectivity index (χ1v) is 13.5. The number of fused-ring (bicyclic) bond motifs is 3. The topological polar surface area (TPSA) is 66.4 Å². The van der Waals surface area contributed by atoms with E-state index in [1.54, 1.807) is 0 Å². The molecule has 0 unspecified atom stereocenters. The highest BCUT2D eigenvalue weighted by atomic mass is 16.6. The second-order valence-electron chi connectivity index (χ2n) is 10.3. The maximum absolute atomic E-state index is 8.68. The Kier molecular flexibility index (Phi) is 11.4. The molecule has 198 valence electrons. The van der Waals surface area contributed by atoms with Crippen LogP contribution in [0.3, 0.4) is 0 Å². The van der Waals surface area contributed by atoms with E-state index in [4.69, 9.17) is 28.8 Å². The first kappa shape index (κ1) is 28.0. The van der Waals surface area contributed by atoms with Gasteiger partial charge < -0.3 is 28.8 Å². The van der Waals surface area contributed by atoms with Crippen LogP contribution in [0.1, 0.15) is 76.8 Å². The van der Waals surface area contributed by atoms with Gasteiger partial charge in [-0.2, -0.15) is 0 Å². The lowest BCUT2D eigenvalue weighted by atomic mass is 9.68. The molecule has 1 heterocycles. The molecular formula is C29H46O6. The zero-order valence-electron chi connectivity index (χ0n) is 22.3. The van der Waals surface area contributed by atoms with Crippen molar-refractivity contribution in [3.8, 4) is 11.5 Å². The summed E-state index contributed by atoms with van der Waals surface area (Å²) in [6.07, 6.45) is 9.39. The van der Waals surface area contributed by atoms with Gasteiger partial charge in [0.15, 0.2) is 0 Å². The highest BCUT2D eigenvalue weighted by Crippen LogP contribution is 2.53. The minimum Gasteiger partial charge on any atom is -0.491 e. The smallest absolute Gasteiger partial charge is 0.127 e. The molecule has 35 heavy (non-hydrogen) atoms. The zero-order chi connectivity index (χ0) is 25.1. The minimum atomic E-state index is -0.194. The van der Waals surface area contributed by atoms with Crippen molar-refractivity contribution < 1.29 is 28.8 Å². The van der Waals surface area contributed by atoms with Crippen LogP contribution in [0.15, 0.2) is 23.8 Å². The molecule has 0 aromatic heterocycles. The number of benzene rings is 1. The molecule has 0 bridgehead atoms. The van der Waals surface area contributed by atoms with Gasteiger partial charge in [0.25, 0.3) is 0 Å². The Morgan fingerprint density at radius 2 is 1.66 bits per heavy atom. The van der Waals surface area contributed by atoms with Crippen LogP contribution in [0.2, 0.25) is 0 Å². The molecule has 0 saturated heterocycles. The molecule has 0 amide bonds. The highest BCUT2D eigenvalue weighted by molar-refractivity contribution is 5.54. The third-order valence-electron chi connectivity index (χ3n) is 7.04. The average Bonchev–Trinajstić information content (AvgIpc) is 2.82. The third-order valence-corrected chi connectivity index (χ3v) is 7.04. The number of aryl methyl sites for hydroxylation is 1. The molecule has 2 aliphatic rings. The van der Waals surface area contributed by atoms with Crippen molar-refractivity contribution >= 4 is 0 Å². The summed E-state index contributed by atoms with van der Waals surface area (Å²) >= 11 is 0. The van der Waals surface area contributed by atoms with Crippen LogP contribution in [0.4, 0.5) is 0 Å². The summed E-state index contributed by atoms with van der Waals surface area (Å²) in [7, 11) is 0. The molecule has 1 N–H and O–H groups in total. The number of rotatable bonds is 16. The van der Waals surface area contributed by atoms with Crippen molar-refractivity contribution in [2.24, 2.45) is 5.92 Å². The molecule has 1 aliphatic heterocycles. The molecule has 6 nitrogen and oxygen atoms in total. The lowest BCUT2D eigenvalue weighted by molar-refractivity contribution is 0.00222. The lowest BCUT2D eigenvalue weighted by Gasteiger charge is -2.46. The molecular weight excluding hydrogens is 444 g/mol. The van der Waals surface area contributed by atoms with Crippen LogP contribution < -0.4 is 9.47 Å². The Balaban J connectivity index is 1.62. The van der Waals surface area contributed by atoms with Gasteiger partial charge in [-0.05, 0) is 64.2 Å². The fourth-order valence-corrected chi connectivity index (χ4v) is 5.22. The second-order valence-corrected chi connectivity index (χ2v) is 10.3. The summed E-state index contributed by atoms with van der Waals surface area (Å²) in [6, 6.07) is 4.49. The maximum atomic E-state index is 8.68. The van der Waals surface area contributed by atoms with Gasteiger partial charge in [-0.1, -0.05) is 31.4 Å². The van der Waals surface area contributed by atoms with E-state index in [0.717, 1.165) is 30.8 Å². The van der Waals surface area contributed by atoms with Gasteiger partial charge in [-0.15, -0.1) is 0 Å². The maximum Gasteiger partial charge on any atom is 0.127 e. The Labute approximate surface area is 211 Å². The van der Waals surface area contributed by atoms with Crippen molar-refractivity contribution in [1.29, 1.82) is 0 Å². The third kappa shape index (κ3) is 8.21. The van der Waals surface area contributed by atoms with Gasteiger partial charge in [0.05, 0.1) is 46.2 Å². The van der Waals surface area contributed by atoms with E-state index < -0.39 is 0 Å². The Morgan fingerprint density at radius 3 is 2.34 bits per heavy atom. The molecule has 1 aromatic carbocycles. The normalized spacial score (nSPS) is 20.5. The quantitative estimate of drug-likeness (QED) is 0.245. The number of unbranched alkanes of at least 4 members (excludes halogenated alkanes) is 2. The van der Waals surface area contributed by atoms with Crippen LogP contribution >= 0.6 is 0 Å². The number of aliphatic hydroxyl groups is 1. The van der Waals surface area contributed by atoms with Crippen LogP contribution in [0.25, 0.3) is 0 Å². The summed E-state index contributed by atoms with van der Waals surface area (Å²) in [5.74, 6) is 2.71.